The van der Waals surface area contributed by atoms with E-state index in [-0.39, 0.29) is 24.0 Å². The quantitative estimate of drug-likeness (QED) is 0.252. The van der Waals surface area contributed by atoms with E-state index >= 15 is 0 Å². The zero-order valence-corrected chi connectivity index (χ0v) is 19.9. The van der Waals surface area contributed by atoms with Gasteiger partial charge in [0.2, 0.25) is 0 Å². The molecule has 0 atom stereocenters. The third-order valence-corrected chi connectivity index (χ3v) is 4.42. The highest BCUT2D eigenvalue weighted by atomic mass is 127. The molecular weight excluding hydrogens is 491 g/mol. The number of ether oxygens (including phenoxy) is 1. The van der Waals surface area contributed by atoms with Crippen molar-refractivity contribution < 1.29 is 9.26 Å². The summed E-state index contributed by atoms with van der Waals surface area (Å²) >= 11 is 0. The smallest absolute Gasteiger partial charge is 0.191 e. The summed E-state index contributed by atoms with van der Waals surface area (Å²) in [6.45, 7) is 5.91. The van der Waals surface area contributed by atoms with Crippen molar-refractivity contribution >= 4 is 29.9 Å². The van der Waals surface area contributed by atoms with Crippen LogP contribution in [-0.2, 0) is 19.7 Å². The van der Waals surface area contributed by atoms with E-state index in [1.807, 2.05) is 42.5 Å². The molecule has 30 heavy (non-hydrogen) atoms. The molecule has 3 aromatic rings. The van der Waals surface area contributed by atoms with Crippen LogP contribution in [0.3, 0.4) is 0 Å². The molecule has 0 saturated carbocycles. The average molecular weight is 520 g/mol. The minimum atomic E-state index is 0. The number of aliphatic imine (C=N–C) groups is 1. The van der Waals surface area contributed by atoms with Crippen molar-refractivity contribution in [1.82, 2.24) is 15.8 Å². The maximum absolute atomic E-state index is 5.83. The Bertz CT molecular complexity index is 926. The van der Waals surface area contributed by atoms with Gasteiger partial charge < -0.3 is 19.9 Å². The minimum Gasteiger partial charge on any atom is -0.489 e. The first-order valence-electron chi connectivity index (χ1n) is 9.79. The molecule has 0 unspecified atom stereocenters. The fourth-order valence-electron chi connectivity index (χ4n) is 2.77. The van der Waals surface area contributed by atoms with Gasteiger partial charge in [-0.15, -0.1) is 24.0 Å². The number of guanidine groups is 1. The number of aromatic nitrogens is 1. The largest absolute Gasteiger partial charge is 0.489 e. The number of rotatable bonds is 8. The predicted octanol–water partition coefficient (Wildman–Crippen LogP) is 4.86. The topological polar surface area (TPSA) is 71.7 Å². The van der Waals surface area contributed by atoms with Gasteiger partial charge in [-0.2, -0.15) is 0 Å². The molecule has 2 N–H and O–H groups in total. The zero-order chi connectivity index (χ0) is 20.5. The lowest BCUT2D eigenvalue weighted by Crippen LogP contribution is -2.36. The van der Waals surface area contributed by atoms with Crippen molar-refractivity contribution in [1.29, 1.82) is 0 Å². The van der Waals surface area contributed by atoms with Gasteiger partial charge >= 0.3 is 0 Å². The van der Waals surface area contributed by atoms with Crippen molar-refractivity contribution in [3.63, 3.8) is 0 Å². The molecular formula is C23H29IN4O2. The first kappa shape index (κ1) is 23.7. The van der Waals surface area contributed by atoms with Gasteiger partial charge in [-0.25, -0.2) is 0 Å². The molecule has 0 aliphatic rings. The van der Waals surface area contributed by atoms with E-state index in [1.54, 1.807) is 7.05 Å². The van der Waals surface area contributed by atoms with E-state index in [0.29, 0.717) is 31.6 Å². The summed E-state index contributed by atoms with van der Waals surface area (Å²) in [6, 6.07) is 20.1. The molecule has 0 saturated heterocycles. The van der Waals surface area contributed by atoms with Crippen LogP contribution < -0.4 is 15.4 Å². The third kappa shape index (κ3) is 7.37. The average Bonchev–Trinajstić information content (AvgIpc) is 3.23. The van der Waals surface area contributed by atoms with Gasteiger partial charge in [0, 0.05) is 19.7 Å². The maximum atomic E-state index is 5.83. The highest BCUT2D eigenvalue weighted by Crippen LogP contribution is 2.14. The van der Waals surface area contributed by atoms with Gasteiger partial charge in [0.1, 0.15) is 12.4 Å². The second-order valence-corrected chi connectivity index (χ2v) is 7.07. The molecule has 0 spiro atoms. The van der Waals surface area contributed by atoms with Crippen LogP contribution in [0.4, 0.5) is 0 Å². The standard InChI is InChI=1S/C23H28N4O2.HI/c1-17(2)22-13-21(29-27-22)15-26-23(24-3)25-14-18-8-7-9-19(12-18)16-28-20-10-5-4-6-11-20;/h4-13,17H,14-16H2,1-3H3,(H2,24,25,26);1H. The fourth-order valence-corrected chi connectivity index (χ4v) is 2.77. The van der Waals surface area contributed by atoms with E-state index < -0.39 is 0 Å². The Labute approximate surface area is 195 Å². The van der Waals surface area contributed by atoms with Gasteiger partial charge in [0.15, 0.2) is 11.7 Å². The molecule has 0 amide bonds. The molecule has 1 aromatic heterocycles. The van der Waals surface area contributed by atoms with Crippen LogP contribution in [0.15, 0.2) is 70.2 Å². The number of halogens is 1. The summed E-state index contributed by atoms with van der Waals surface area (Å²) in [7, 11) is 1.75. The monoisotopic (exact) mass is 520 g/mol. The summed E-state index contributed by atoms with van der Waals surface area (Å²) in [4.78, 5) is 4.27. The van der Waals surface area contributed by atoms with Crippen molar-refractivity contribution in [2.24, 2.45) is 4.99 Å². The van der Waals surface area contributed by atoms with Crippen molar-refractivity contribution in [3.8, 4) is 5.75 Å². The van der Waals surface area contributed by atoms with Crippen LogP contribution in [0.5, 0.6) is 5.75 Å². The highest BCUT2D eigenvalue weighted by Gasteiger charge is 2.08. The van der Waals surface area contributed by atoms with Crippen LogP contribution in [0.25, 0.3) is 0 Å². The number of nitrogens with zero attached hydrogens (tertiary/aromatic N) is 2. The number of nitrogens with one attached hydrogen (secondary N) is 2. The second kappa shape index (κ2) is 12.2. The molecule has 0 aliphatic carbocycles. The molecule has 7 heteroatoms. The van der Waals surface area contributed by atoms with E-state index in [2.05, 4.69) is 52.8 Å². The Kier molecular flexibility index (Phi) is 9.66. The lowest BCUT2D eigenvalue weighted by Gasteiger charge is -2.12. The van der Waals surface area contributed by atoms with Crippen molar-refractivity contribution in [3.05, 3.63) is 83.2 Å². The van der Waals surface area contributed by atoms with E-state index in [0.717, 1.165) is 28.3 Å². The molecule has 1 heterocycles. The summed E-state index contributed by atoms with van der Waals surface area (Å²) in [6.07, 6.45) is 0. The van der Waals surface area contributed by atoms with E-state index in [9.17, 15) is 0 Å². The Morgan fingerprint density at radius 3 is 2.43 bits per heavy atom. The Hall–Kier alpha value is -2.55. The van der Waals surface area contributed by atoms with Crippen molar-refractivity contribution in [2.75, 3.05) is 7.05 Å². The van der Waals surface area contributed by atoms with Crippen LogP contribution in [0, 0.1) is 0 Å². The Morgan fingerprint density at radius 1 is 1.00 bits per heavy atom. The van der Waals surface area contributed by atoms with Crippen molar-refractivity contribution in [2.45, 2.75) is 39.5 Å². The zero-order valence-electron chi connectivity index (χ0n) is 17.6. The second-order valence-electron chi connectivity index (χ2n) is 7.07. The number of hydrogen-bond acceptors (Lipinski definition) is 4. The summed E-state index contributed by atoms with van der Waals surface area (Å²) in [5, 5.41) is 10.6. The minimum absolute atomic E-state index is 0. The normalized spacial score (nSPS) is 11.1. The molecule has 160 valence electrons. The van der Waals surface area contributed by atoms with Gasteiger partial charge in [-0.1, -0.05) is 61.5 Å². The van der Waals surface area contributed by atoms with Gasteiger partial charge in [0.05, 0.1) is 12.2 Å². The summed E-state index contributed by atoms with van der Waals surface area (Å²) < 4.78 is 11.2. The lowest BCUT2D eigenvalue weighted by molar-refractivity contribution is 0.306. The first-order chi connectivity index (χ1) is 14.1. The fraction of sp³-hybridized carbons (Fsp3) is 0.304. The van der Waals surface area contributed by atoms with Gasteiger partial charge in [-0.05, 0) is 29.2 Å². The Balaban J connectivity index is 0.00000320. The number of benzene rings is 2. The third-order valence-electron chi connectivity index (χ3n) is 4.42. The predicted molar refractivity (Wildman–Crippen MR) is 130 cm³/mol. The van der Waals surface area contributed by atoms with E-state index in [4.69, 9.17) is 9.26 Å². The highest BCUT2D eigenvalue weighted by molar-refractivity contribution is 14.0. The molecule has 0 aliphatic heterocycles. The van der Waals surface area contributed by atoms with E-state index in [1.165, 1.54) is 0 Å². The summed E-state index contributed by atoms with van der Waals surface area (Å²) in [5.74, 6) is 2.71. The molecule has 0 bridgehead atoms. The van der Waals surface area contributed by atoms with Crippen LogP contribution in [0.2, 0.25) is 0 Å². The van der Waals surface area contributed by atoms with Gasteiger partial charge in [-0.3, -0.25) is 4.99 Å². The molecule has 6 nitrogen and oxygen atoms in total. The Morgan fingerprint density at radius 2 is 1.73 bits per heavy atom. The van der Waals surface area contributed by atoms with Crippen LogP contribution >= 0.6 is 24.0 Å². The molecule has 2 aromatic carbocycles. The molecule has 3 rings (SSSR count). The number of para-hydroxylation sites is 1. The summed E-state index contributed by atoms with van der Waals surface area (Å²) in [5.41, 5.74) is 3.24. The maximum Gasteiger partial charge on any atom is 0.191 e. The first-order valence-corrected chi connectivity index (χ1v) is 9.79. The van der Waals surface area contributed by atoms with Gasteiger partial charge in [0.25, 0.3) is 0 Å². The van der Waals surface area contributed by atoms with Crippen LogP contribution in [0.1, 0.15) is 42.3 Å². The van der Waals surface area contributed by atoms with Crippen LogP contribution in [-0.4, -0.2) is 18.2 Å². The lowest BCUT2D eigenvalue weighted by atomic mass is 10.1. The molecule has 0 radical (unpaired) electrons. The molecule has 0 fully saturated rings. The SMILES string of the molecule is CN=C(NCc1cccc(COc2ccccc2)c1)NCc1cc(C(C)C)no1.I. The number of hydrogen-bond donors (Lipinski definition) is 2.